The van der Waals surface area contributed by atoms with Crippen molar-refractivity contribution < 1.29 is 10.2 Å². The number of hydrogen-bond donors (Lipinski definition) is 2. The zero-order chi connectivity index (χ0) is 28.8. The average molecular weight is 509 g/mol. The molecule has 2 aromatic rings. The maximum absolute atomic E-state index is 11.4. The zero-order valence-corrected chi connectivity index (χ0v) is 26.5. The molecule has 0 bridgehead atoms. The van der Waals surface area contributed by atoms with Crippen LogP contribution in [0.25, 0.3) is 0 Å². The molecule has 2 nitrogen and oxygen atoms in total. The van der Waals surface area contributed by atoms with E-state index in [1.165, 1.54) is 24.0 Å². The van der Waals surface area contributed by atoms with Gasteiger partial charge in [0.1, 0.15) is 11.5 Å². The van der Waals surface area contributed by atoms with Gasteiger partial charge in [-0.25, -0.2) is 0 Å². The second kappa shape index (κ2) is 10.3. The molecule has 0 aliphatic heterocycles. The van der Waals surface area contributed by atoms with Gasteiger partial charge in [-0.05, 0) is 61.5 Å². The molecule has 0 saturated carbocycles. The van der Waals surface area contributed by atoms with Gasteiger partial charge in [-0.15, -0.1) is 0 Å². The lowest BCUT2D eigenvalue weighted by atomic mass is 9.67. The molecule has 0 fully saturated rings. The van der Waals surface area contributed by atoms with Crippen LogP contribution >= 0.6 is 0 Å². The van der Waals surface area contributed by atoms with E-state index in [9.17, 15) is 10.2 Å². The Bertz CT molecular complexity index is 941. The Hall–Kier alpha value is -1.96. The Balaban J connectivity index is 3.05. The quantitative estimate of drug-likeness (QED) is 0.381. The minimum absolute atomic E-state index is 0.188. The van der Waals surface area contributed by atoms with Crippen LogP contribution in [0.4, 0.5) is 0 Å². The van der Waals surface area contributed by atoms with E-state index >= 15 is 0 Å². The standard InChI is InChI=1S/C35H56O2/c1-15-16-17-18-35(14,23-19-25(31(2,3)4)29(36)26(20-23)32(5,6)7)24-21-27(33(8,9)10)30(37)28(22-24)34(11,12)13/h19-22,36-37H,15-18H2,1-14H3. The second-order valence-corrected chi connectivity index (χ2v) is 15.6. The van der Waals surface area contributed by atoms with Crippen molar-refractivity contribution in [3.8, 4) is 11.5 Å². The molecule has 2 rings (SSSR count). The van der Waals surface area contributed by atoms with Gasteiger partial charge in [0.25, 0.3) is 0 Å². The highest BCUT2D eigenvalue weighted by Crippen LogP contribution is 2.48. The van der Waals surface area contributed by atoms with E-state index in [0.29, 0.717) is 11.5 Å². The Morgan fingerprint density at radius 1 is 0.486 bits per heavy atom. The van der Waals surface area contributed by atoms with Crippen LogP contribution in [-0.4, -0.2) is 10.2 Å². The first-order valence-corrected chi connectivity index (χ1v) is 14.3. The molecule has 2 N–H and O–H groups in total. The predicted molar refractivity (Wildman–Crippen MR) is 162 cm³/mol. The first-order valence-electron chi connectivity index (χ1n) is 14.3. The zero-order valence-electron chi connectivity index (χ0n) is 26.5. The highest BCUT2D eigenvalue weighted by atomic mass is 16.3. The molecule has 0 heterocycles. The summed E-state index contributed by atoms with van der Waals surface area (Å²) in [5.74, 6) is 0.854. The smallest absolute Gasteiger partial charge is 0.123 e. The van der Waals surface area contributed by atoms with E-state index < -0.39 is 0 Å². The fourth-order valence-electron chi connectivity index (χ4n) is 5.38. The number of aromatic hydroxyl groups is 2. The summed E-state index contributed by atoms with van der Waals surface area (Å²) in [6, 6.07) is 9.04. The average Bonchev–Trinajstić information content (AvgIpc) is 2.70. The molecule has 0 radical (unpaired) electrons. The SMILES string of the molecule is CCCCCC(C)(c1cc(C(C)(C)C)c(O)c(C(C)(C)C)c1)c1cc(C(C)(C)C)c(O)c(C(C)(C)C)c1. The molecule has 208 valence electrons. The summed E-state index contributed by atoms with van der Waals surface area (Å²) < 4.78 is 0. The molecule has 2 aromatic carbocycles. The fourth-order valence-corrected chi connectivity index (χ4v) is 5.38. The van der Waals surface area contributed by atoms with Crippen LogP contribution in [0.1, 0.15) is 156 Å². The molecular formula is C35H56O2. The van der Waals surface area contributed by atoms with Gasteiger partial charge in [-0.1, -0.05) is 140 Å². The largest absolute Gasteiger partial charge is 0.507 e. The summed E-state index contributed by atoms with van der Waals surface area (Å²) in [6.45, 7) is 30.8. The van der Waals surface area contributed by atoms with E-state index in [2.05, 4.69) is 121 Å². The summed E-state index contributed by atoms with van der Waals surface area (Å²) >= 11 is 0. The number of phenolic OH excluding ortho intramolecular Hbond substituents is 2. The van der Waals surface area contributed by atoms with E-state index in [1.54, 1.807) is 0 Å². The third-order valence-electron chi connectivity index (χ3n) is 8.01. The van der Waals surface area contributed by atoms with Crippen LogP contribution in [0.15, 0.2) is 24.3 Å². The summed E-state index contributed by atoms with van der Waals surface area (Å²) in [5, 5.41) is 22.9. The Morgan fingerprint density at radius 3 is 0.973 bits per heavy atom. The van der Waals surface area contributed by atoms with Crippen LogP contribution < -0.4 is 0 Å². The molecule has 0 unspecified atom stereocenters. The number of hydrogen-bond acceptors (Lipinski definition) is 2. The van der Waals surface area contributed by atoms with Crippen molar-refractivity contribution in [3.63, 3.8) is 0 Å². The lowest BCUT2D eigenvalue weighted by molar-refractivity contribution is 0.414. The highest BCUT2D eigenvalue weighted by Gasteiger charge is 2.36. The van der Waals surface area contributed by atoms with Gasteiger partial charge >= 0.3 is 0 Å². The fraction of sp³-hybridized carbons (Fsp3) is 0.657. The van der Waals surface area contributed by atoms with Crippen molar-refractivity contribution in [2.24, 2.45) is 0 Å². The van der Waals surface area contributed by atoms with E-state index in [0.717, 1.165) is 35.1 Å². The molecular weight excluding hydrogens is 452 g/mol. The monoisotopic (exact) mass is 508 g/mol. The third-order valence-corrected chi connectivity index (χ3v) is 8.01. The molecule has 0 amide bonds. The molecule has 0 aliphatic rings. The van der Waals surface area contributed by atoms with E-state index in [-0.39, 0.29) is 27.1 Å². The minimum atomic E-state index is -0.267. The molecule has 0 aromatic heterocycles. The molecule has 37 heavy (non-hydrogen) atoms. The number of benzene rings is 2. The maximum atomic E-state index is 11.4. The maximum Gasteiger partial charge on any atom is 0.123 e. The number of unbranched alkanes of at least 4 members (excludes halogenated alkanes) is 2. The predicted octanol–water partition coefficient (Wildman–Crippen LogP) is 10.2. The van der Waals surface area contributed by atoms with Gasteiger partial charge in [-0.3, -0.25) is 0 Å². The van der Waals surface area contributed by atoms with E-state index in [4.69, 9.17) is 0 Å². The van der Waals surface area contributed by atoms with Crippen molar-refractivity contribution in [2.45, 2.75) is 150 Å². The molecule has 0 saturated heterocycles. The van der Waals surface area contributed by atoms with Crippen molar-refractivity contribution >= 4 is 0 Å². The Morgan fingerprint density at radius 2 is 0.757 bits per heavy atom. The summed E-state index contributed by atoms with van der Waals surface area (Å²) in [4.78, 5) is 0. The summed E-state index contributed by atoms with van der Waals surface area (Å²) in [5.41, 5.74) is 5.49. The Kier molecular flexibility index (Phi) is 8.71. The van der Waals surface area contributed by atoms with Crippen molar-refractivity contribution in [1.82, 2.24) is 0 Å². The Labute approximate surface area is 228 Å². The van der Waals surface area contributed by atoms with Gasteiger partial charge in [-0.2, -0.15) is 0 Å². The molecule has 2 heteroatoms. The summed E-state index contributed by atoms with van der Waals surface area (Å²) in [7, 11) is 0. The van der Waals surface area contributed by atoms with E-state index in [1.807, 2.05) is 0 Å². The summed E-state index contributed by atoms with van der Waals surface area (Å²) in [6.07, 6.45) is 4.49. The van der Waals surface area contributed by atoms with Crippen LogP contribution in [0.2, 0.25) is 0 Å². The first kappa shape index (κ1) is 31.3. The lowest BCUT2D eigenvalue weighted by Crippen LogP contribution is -2.28. The first-order chi connectivity index (χ1) is 16.5. The van der Waals surface area contributed by atoms with Crippen LogP contribution in [0.5, 0.6) is 11.5 Å². The lowest BCUT2D eigenvalue weighted by Gasteiger charge is -2.38. The minimum Gasteiger partial charge on any atom is -0.507 e. The van der Waals surface area contributed by atoms with Crippen molar-refractivity contribution in [2.75, 3.05) is 0 Å². The van der Waals surface area contributed by atoms with Gasteiger partial charge in [0, 0.05) is 5.41 Å². The third kappa shape index (κ3) is 6.73. The number of phenols is 2. The van der Waals surface area contributed by atoms with Gasteiger partial charge in [0.2, 0.25) is 0 Å². The van der Waals surface area contributed by atoms with Gasteiger partial charge in [0.15, 0.2) is 0 Å². The van der Waals surface area contributed by atoms with Crippen molar-refractivity contribution in [3.05, 3.63) is 57.6 Å². The van der Waals surface area contributed by atoms with Crippen molar-refractivity contribution in [1.29, 1.82) is 0 Å². The normalized spacial score (nSPS) is 13.8. The van der Waals surface area contributed by atoms with Gasteiger partial charge < -0.3 is 10.2 Å². The second-order valence-electron chi connectivity index (χ2n) is 15.6. The highest BCUT2D eigenvalue weighted by molar-refractivity contribution is 5.57. The van der Waals surface area contributed by atoms with Crippen LogP contribution in [0.3, 0.4) is 0 Å². The molecule has 0 aliphatic carbocycles. The van der Waals surface area contributed by atoms with Crippen LogP contribution in [0, 0.1) is 0 Å². The molecule has 0 spiro atoms. The molecule has 0 atom stereocenters. The topological polar surface area (TPSA) is 40.5 Å². The van der Waals surface area contributed by atoms with Crippen LogP contribution in [-0.2, 0) is 27.1 Å². The number of rotatable bonds is 6. The van der Waals surface area contributed by atoms with Gasteiger partial charge in [0.05, 0.1) is 0 Å².